The molecule has 4 rings (SSSR count). The monoisotopic (exact) mass is 281 g/mol. The molecule has 0 amide bonds. The zero-order valence-electron chi connectivity index (χ0n) is 10.9. The Morgan fingerprint density at radius 2 is 2.21 bits per heavy atom. The number of ether oxygens (including phenoxy) is 1. The molecule has 0 spiro atoms. The van der Waals surface area contributed by atoms with E-state index in [9.17, 15) is 4.79 Å². The number of hydrogen-bond acceptors (Lipinski definition) is 5. The Morgan fingerprint density at radius 3 is 2.74 bits per heavy atom. The fraction of sp³-hybridized carbons (Fsp3) is 0.615. The molecule has 0 aromatic carbocycles. The van der Waals surface area contributed by atoms with Gasteiger partial charge in [0.1, 0.15) is 11.4 Å². The molecule has 6 heteroatoms. The van der Waals surface area contributed by atoms with E-state index in [1.807, 2.05) is 13.8 Å². The van der Waals surface area contributed by atoms with Gasteiger partial charge in [-0.1, -0.05) is 0 Å². The number of anilines is 1. The van der Waals surface area contributed by atoms with Crippen LogP contribution in [0.4, 0.5) is 5.82 Å². The number of aromatic nitrogens is 2. The van der Waals surface area contributed by atoms with E-state index in [2.05, 4.69) is 15.3 Å². The van der Waals surface area contributed by atoms with Gasteiger partial charge in [-0.15, -0.1) is 0 Å². The summed E-state index contributed by atoms with van der Waals surface area (Å²) in [6, 6.07) is 0. The van der Waals surface area contributed by atoms with Gasteiger partial charge in [-0.2, -0.15) is 4.98 Å². The maximum Gasteiger partial charge on any atom is 0.343 e. The normalized spacial score (nSPS) is 27.5. The van der Waals surface area contributed by atoms with Crippen LogP contribution in [0.15, 0.2) is 6.20 Å². The SMILES string of the molecule is CC(C)OC(=O)c1cnc(Cl)nc1NC12CC(C1)C2. The van der Waals surface area contributed by atoms with Crippen molar-refractivity contribution in [2.75, 3.05) is 5.32 Å². The highest BCUT2D eigenvalue weighted by molar-refractivity contribution is 6.28. The van der Waals surface area contributed by atoms with Gasteiger partial charge in [0.2, 0.25) is 5.28 Å². The molecule has 5 nitrogen and oxygen atoms in total. The molecule has 3 aliphatic rings. The van der Waals surface area contributed by atoms with Gasteiger partial charge < -0.3 is 10.1 Å². The summed E-state index contributed by atoms with van der Waals surface area (Å²) in [6.45, 7) is 3.62. The largest absolute Gasteiger partial charge is 0.459 e. The van der Waals surface area contributed by atoms with Crippen LogP contribution in [0.2, 0.25) is 5.28 Å². The average molecular weight is 282 g/mol. The van der Waals surface area contributed by atoms with E-state index < -0.39 is 5.97 Å². The highest BCUT2D eigenvalue weighted by atomic mass is 35.5. The minimum absolute atomic E-state index is 0.120. The van der Waals surface area contributed by atoms with Gasteiger partial charge in [0, 0.05) is 11.7 Å². The zero-order valence-corrected chi connectivity index (χ0v) is 11.7. The lowest BCUT2D eigenvalue weighted by Gasteiger charge is -2.62. The average Bonchev–Trinajstić information content (AvgIpc) is 2.20. The predicted molar refractivity (Wildman–Crippen MR) is 71.3 cm³/mol. The molecule has 1 aromatic rings. The van der Waals surface area contributed by atoms with Gasteiger partial charge in [-0.3, -0.25) is 0 Å². The van der Waals surface area contributed by atoms with Crippen molar-refractivity contribution in [3.63, 3.8) is 0 Å². The van der Waals surface area contributed by atoms with Crippen molar-refractivity contribution in [3.05, 3.63) is 17.0 Å². The van der Waals surface area contributed by atoms with Crippen LogP contribution in [-0.4, -0.2) is 27.6 Å². The molecule has 2 bridgehead atoms. The van der Waals surface area contributed by atoms with Crippen molar-refractivity contribution in [2.45, 2.75) is 44.8 Å². The highest BCUT2D eigenvalue weighted by Gasteiger charge is 2.57. The number of nitrogens with one attached hydrogen (secondary N) is 1. The van der Waals surface area contributed by atoms with Crippen LogP contribution >= 0.6 is 11.6 Å². The number of rotatable bonds is 4. The van der Waals surface area contributed by atoms with Gasteiger partial charge in [-0.25, -0.2) is 9.78 Å². The first-order valence-electron chi connectivity index (χ1n) is 6.49. The fourth-order valence-corrected chi connectivity index (χ4v) is 2.90. The third-order valence-electron chi connectivity index (χ3n) is 3.74. The third kappa shape index (κ3) is 2.27. The molecule has 1 heterocycles. The summed E-state index contributed by atoms with van der Waals surface area (Å²) in [5.41, 5.74) is 0.470. The molecule has 3 fully saturated rings. The summed E-state index contributed by atoms with van der Waals surface area (Å²) >= 11 is 5.82. The van der Waals surface area contributed by atoms with E-state index >= 15 is 0 Å². The Bertz CT molecular complexity index is 516. The number of carbonyl (C=O) groups excluding carboxylic acids is 1. The van der Waals surface area contributed by atoms with E-state index in [0.717, 1.165) is 25.2 Å². The van der Waals surface area contributed by atoms with Gasteiger partial charge in [0.15, 0.2) is 0 Å². The molecule has 1 aromatic heterocycles. The van der Waals surface area contributed by atoms with Gasteiger partial charge in [0.25, 0.3) is 0 Å². The van der Waals surface area contributed by atoms with Crippen molar-refractivity contribution in [1.82, 2.24) is 9.97 Å². The topological polar surface area (TPSA) is 64.1 Å². The van der Waals surface area contributed by atoms with Crippen molar-refractivity contribution in [2.24, 2.45) is 5.92 Å². The van der Waals surface area contributed by atoms with Crippen LogP contribution in [0.5, 0.6) is 0 Å². The lowest BCUT2D eigenvalue weighted by atomic mass is 9.50. The van der Waals surface area contributed by atoms with E-state index in [1.165, 1.54) is 6.20 Å². The Morgan fingerprint density at radius 1 is 1.53 bits per heavy atom. The number of nitrogens with zero attached hydrogens (tertiary/aromatic N) is 2. The molecule has 0 aliphatic heterocycles. The second kappa shape index (κ2) is 4.34. The van der Waals surface area contributed by atoms with E-state index in [-0.39, 0.29) is 16.9 Å². The van der Waals surface area contributed by atoms with Crippen molar-refractivity contribution >= 4 is 23.4 Å². The lowest BCUT2D eigenvalue weighted by molar-refractivity contribution is 0.00162. The van der Waals surface area contributed by atoms with Crippen molar-refractivity contribution in [3.8, 4) is 0 Å². The van der Waals surface area contributed by atoms with Crippen molar-refractivity contribution < 1.29 is 9.53 Å². The van der Waals surface area contributed by atoms with Crippen LogP contribution in [-0.2, 0) is 4.74 Å². The van der Waals surface area contributed by atoms with E-state index in [1.54, 1.807) is 0 Å². The lowest BCUT2D eigenvalue weighted by Crippen LogP contribution is -2.63. The van der Waals surface area contributed by atoms with Crippen LogP contribution in [0, 0.1) is 5.92 Å². The number of hydrogen-bond donors (Lipinski definition) is 1. The maximum absolute atomic E-state index is 12.0. The number of halogens is 1. The molecular weight excluding hydrogens is 266 g/mol. The summed E-state index contributed by atoms with van der Waals surface area (Å²) in [5.74, 6) is 0.917. The molecular formula is C13H16ClN3O2. The maximum atomic E-state index is 12.0. The number of carbonyl (C=O) groups is 1. The Kier molecular flexibility index (Phi) is 2.89. The van der Waals surface area contributed by atoms with Crippen LogP contribution in [0.3, 0.4) is 0 Å². The van der Waals surface area contributed by atoms with Gasteiger partial charge in [0.05, 0.1) is 6.10 Å². The quantitative estimate of drug-likeness (QED) is 0.679. The predicted octanol–water partition coefficient (Wildman–Crippen LogP) is 2.66. The molecule has 0 radical (unpaired) electrons. The summed E-state index contributed by atoms with van der Waals surface area (Å²) in [7, 11) is 0. The summed E-state index contributed by atoms with van der Waals surface area (Å²) in [5, 5.41) is 3.48. The first-order chi connectivity index (χ1) is 8.97. The molecule has 102 valence electrons. The van der Waals surface area contributed by atoms with Gasteiger partial charge in [-0.05, 0) is 50.6 Å². The van der Waals surface area contributed by atoms with Crippen LogP contribution < -0.4 is 5.32 Å². The molecule has 19 heavy (non-hydrogen) atoms. The molecule has 0 atom stereocenters. The number of esters is 1. The van der Waals surface area contributed by atoms with E-state index in [0.29, 0.717) is 11.4 Å². The smallest absolute Gasteiger partial charge is 0.343 e. The standard InChI is InChI=1S/C13H16ClN3O2/c1-7(2)19-11(18)9-6-15-12(14)16-10(9)17-13-3-8(4-13)5-13/h6-8H,3-5H2,1-2H3,(H,15,16,17). The van der Waals surface area contributed by atoms with Crippen molar-refractivity contribution in [1.29, 1.82) is 0 Å². The van der Waals surface area contributed by atoms with Gasteiger partial charge >= 0.3 is 5.97 Å². The molecule has 0 saturated heterocycles. The summed E-state index contributed by atoms with van der Waals surface area (Å²) < 4.78 is 5.19. The Labute approximate surface area is 116 Å². The summed E-state index contributed by atoms with van der Waals surface area (Å²) in [6.07, 6.45) is 4.69. The first kappa shape index (κ1) is 12.7. The molecule has 3 aliphatic carbocycles. The molecule has 3 saturated carbocycles. The van der Waals surface area contributed by atoms with Crippen LogP contribution in [0.1, 0.15) is 43.5 Å². The minimum Gasteiger partial charge on any atom is -0.459 e. The Hall–Kier alpha value is -1.36. The zero-order chi connectivity index (χ0) is 13.6. The van der Waals surface area contributed by atoms with E-state index in [4.69, 9.17) is 16.3 Å². The molecule has 1 N–H and O–H groups in total. The first-order valence-corrected chi connectivity index (χ1v) is 6.87. The molecule has 0 unspecified atom stereocenters. The summed E-state index contributed by atoms with van der Waals surface area (Å²) in [4.78, 5) is 20.0. The minimum atomic E-state index is -0.416. The highest BCUT2D eigenvalue weighted by Crippen LogP contribution is 2.58. The Balaban J connectivity index is 1.83. The van der Waals surface area contributed by atoms with Crippen LogP contribution in [0.25, 0.3) is 0 Å². The fourth-order valence-electron chi connectivity index (χ4n) is 2.77. The third-order valence-corrected chi connectivity index (χ3v) is 3.93. The second-order valence-corrected chi connectivity index (χ2v) is 6.08. The second-order valence-electron chi connectivity index (χ2n) is 5.74.